The lowest BCUT2D eigenvalue weighted by atomic mass is 9.93. The Balaban J connectivity index is 2.12. The monoisotopic (exact) mass is 178 g/mol. The number of aryl methyl sites for hydroxylation is 1. The summed E-state index contributed by atoms with van der Waals surface area (Å²) in [5.41, 5.74) is 0.997. The number of nitrogens with zero attached hydrogens (tertiary/aromatic N) is 1. The molecule has 0 bridgehead atoms. The summed E-state index contributed by atoms with van der Waals surface area (Å²) in [4.78, 5) is 11.3. The molecule has 3 heteroatoms. The zero-order valence-electron chi connectivity index (χ0n) is 7.79. The Morgan fingerprint density at radius 2 is 2.31 bits per heavy atom. The lowest BCUT2D eigenvalue weighted by molar-refractivity contribution is 0.445. The number of anilines is 1. The van der Waals surface area contributed by atoms with E-state index >= 15 is 0 Å². The Morgan fingerprint density at radius 3 is 2.85 bits per heavy atom. The molecule has 0 aromatic carbocycles. The van der Waals surface area contributed by atoms with Gasteiger partial charge in [0.05, 0.1) is 0 Å². The van der Waals surface area contributed by atoms with E-state index in [0.29, 0.717) is 6.04 Å². The van der Waals surface area contributed by atoms with Crippen LogP contribution in [0.15, 0.2) is 23.1 Å². The van der Waals surface area contributed by atoms with Gasteiger partial charge in [0.15, 0.2) is 0 Å². The molecule has 1 aliphatic carbocycles. The molecule has 1 heterocycles. The Labute approximate surface area is 77.4 Å². The van der Waals surface area contributed by atoms with Crippen LogP contribution in [0.4, 0.5) is 5.69 Å². The zero-order chi connectivity index (χ0) is 9.26. The fourth-order valence-electron chi connectivity index (χ4n) is 1.43. The Hall–Kier alpha value is -1.25. The van der Waals surface area contributed by atoms with Gasteiger partial charge >= 0.3 is 0 Å². The molecule has 1 aliphatic rings. The van der Waals surface area contributed by atoms with Crippen molar-refractivity contribution in [3.05, 3.63) is 28.7 Å². The Morgan fingerprint density at radius 1 is 1.54 bits per heavy atom. The number of rotatable bonds is 2. The summed E-state index contributed by atoms with van der Waals surface area (Å²) in [6, 6.07) is 4.19. The molecule has 1 aromatic heterocycles. The molecule has 1 N–H and O–H groups in total. The van der Waals surface area contributed by atoms with Crippen molar-refractivity contribution in [2.24, 2.45) is 7.05 Å². The summed E-state index contributed by atoms with van der Waals surface area (Å²) < 4.78 is 1.58. The maximum absolute atomic E-state index is 11.3. The molecule has 1 fully saturated rings. The standard InChI is InChI=1S/C10H14N2O/c1-12-6-5-9(7-10(12)13)11-8-3-2-4-8/h5-8,11H,2-4H2,1H3. The van der Waals surface area contributed by atoms with Crippen molar-refractivity contribution in [3.63, 3.8) is 0 Å². The third kappa shape index (κ3) is 1.74. The second kappa shape index (κ2) is 3.24. The highest BCUT2D eigenvalue weighted by molar-refractivity contribution is 5.42. The van der Waals surface area contributed by atoms with E-state index < -0.39 is 0 Å². The van der Waals surface area contributed by atoms with Crippen molar-refractivity contribution in [2.45, 2.75) is 25.3 Å². The average molecular weight is 178 g/mol. The van der Waals surface area contributed by atoms with Crippen LogP contribution in [0, 0.1) is 0 Å². The SMILES string of the molecule is Cn1ccc(NC2CCC2)cc1=O. The highest BCUT2D eigenvalue weighted by atomic mass is 16.1. The molecule has 70 valence electrons. The summed E-state index contributed by atoms with van der Waals surface area (Å²) in [5.74, 6) is 0. The minimum absolute atomic E-state index is 0.0457. The first-order chi connectivity index (χ1) is 6.25. The Bertz CT molecular complexity index is 352. The van der Waals surface area contributed by atoms with Gasteiger partial charge in [-0.15, -0.1) is 0 Å². The molecule has 0 saturated heterocycles. The smallest absolute Gasteiger partial charge is 0.252 e. The summed E-state index contributed by atoms with van der Waals surface area (Å²) in [5, 5.41) is 3.33. The molecular formula is C10H14N2O. The fraction of sp³-hybridized carbons (Fsp3) is 0.500. The second-order valence-corrected chi connectivity index (χ2v) is 3.64. The second-order valence-electron chi connectivity index (χ2n) is 3.64. The van der Waals surface area contributed by atoms with Gasteiger partial charge in [0, 0.05) is 31.0 Å². The van der Waals surface area contributed by atoms with Gasteiger partial charge in [-0.2, -0.15) is 0 Å². The molecule has 0 amide bonds. The van der Waals surface area contributed by atoms with Gasteiger partial charge in [0.2, 0.25) is 0 Å². The first-order valence-electron chi connectivity index (χ1n) is 4.69. The quantitative estimate of drug-likeness (QED) is 0.741. The zero-order valence-corrected chi connectivity index (χ0v) is 7.79. The van der Waals surface area contributed by atoms with E-state index in [2.05, 4.69) is 5.32 Å². The number of aromatic nitrogens is 1. The molecule has 0 spiro atoms. The first-order valence-corrected chi connectivity index (χ1v) is 4.69. The highest BCUT2D eigenvalue weighted by Crippen LogP contribution is 2.22. The van der Waals surface area contributed by atoms with Gasteiger partial charge in [-0.1, -0.05) is 0 Å². The molecular weight excluding hydrogens is 164 g/mol. The largest absolute Gasteiger partial charge is 0.382 e. The number of hydrogen-bond acceptors (Lipinski definition) is 2. The van der Waals surface area contributed by atoms with Crippen LogP contribution < -0.4 is 10.9 Å². The van der Waals surface area contributed by atoms with E-state index in [1.165, 1.54) is 19.3 Å². The normalized spacial score (nSPS) is 16.7. The first kappa shape index (κ1) is 8.35. The van der Waals surface area contributed by atoms with Crippen molar-refractivity contribution >= 4 is 5.69 Å². The minimum Gasteiger partial charge on any atom is -0.382 e. The summed E-state index contributed by atoms with van der Waals surface area (Å²) in [7, 11) is 1.76. The average Bonchev–Trinajstić information content (AvgIpc) is 2.04. The third-order valence-corrected chi connectivity index (χ3v) is 2.58. The summed E-state index contributed by atoms with van der Waals surface area (Å²) in [6.45, 7) is 0. The Kier molecular flexibility index (Phi) is 2.08. The van der Waals surface area contributed by atoms with Crippen LogP contribution in [0.1, 0.15) is 19.3 Å². The number of hydrogen-bond donors (Lipinski definition) is 1. The fourth-order valence-corrected chi connectivity index (χ4v) is 1.43. The number of nitrogens with one attached hydrogen (secondary N) is 1. The van der Waals surface area contributed by atoms with Gasteiger partial charge in [-0.3, -0.25) is 4.79 Å². The van der Waals surface area contributed by atoms with Crippen LogP contribution in [-0.2, 0) is 7.05 Å². The van der Waals surface area contributed by atoms with Crippen molar-refractivity contribution in [1.82, 2.24) is 4.57 Å². The van der Waals surface area contributed by atoms with Crippen LogP contribution in [0.5, 0.6) is 0 Å². The van der Waals surface area contributed by atoms with Gasteiger partial charge in [-0.05, 0) is 25.3 Å². The molecule has 3 nitrogen and oxygen atoms in total. The van der Waals surface area contributed by atoms with E-state index in [4.69, 9.17) is 0 Å². The lowest BCUT2D eigenvalue weighted by Gasteiger charge is -2.27. The summed E-state index contributed by atoms with van der Waals surface area (Å²) in [6.07, 6.45) is 5.57. The third-order valence-electron chi connectivity index (χ3n) is 2.58. The van der Waals surface area contributed by atoms with Crippen LogP contribution in [0.2, 0.25) is 0 Å². The molecule has 0 radical (unpaired) electrons. The van der Waals surface area contributed by atoms with Crippen LogP contribution in [0.25, 0.3) is 0 Å². The van der Waals surface area contributed by atoms with Gasteiger partial charge in [0.25, 0.3) is 5.56 Å². The van der Waals surface area contributed by atoms with E-state index in [1.54, 1.807) is 23.9 Å². The predicted molar refractivity (Wildman–Crippen MR) is 52.9 cm³/mol. The van der Waals surface area contributed by atoms with E-state index in [9.17, 15) is 4.79 Å². The highest BCUT2D eigenvalue weighted by Gasteiger charge is 2.16. The van der Waals surface area contributed by atoms with Gasteiger partial charge in [0.1, 0.15) is 0 Å². The van der Waals surface area contributed by atoms with Gasteiger partial charge in [-0.25, -0.2) is 0 Å². The van der Waals surface area contributed by atoms with Crippen molar-refractivity contribution in [3.8, 4) is 0 Å². The molecule has 1 aromatic rings. The van der Waals surface area contributed by atoms with Gasteiger partial charge < -0.3 is 9.88 Å². The van der Waals surface area contributed by atoms with Crippen molar-refractivity contribution in [2.75, 3.05) is 5.32 Å². The molecule has 2 rings (SSSR count). The van der Waals surface area contributed by atoms with Crippen LogP contribution in [-0.4, -0.2) is 10.6 Å². The van der Waals surface area contributed by atoms with E-state index in [1.807, 2.05) is 6.07 Å². The van der Waals surface area contributed by atoms with Crippen molar-refractivity contribution in [1.29, 1.82) is 0 Å². The predicted octanol–water partition coefficient (Wildman–Crippen LogP) is 1.35. The summed E-state index contributed by atoms with van der Waals surface area (Å²) >= 11 is 0. The molecule has 0 atom stereocenters. The van der Waals surface area contributed by atoms with Crippen LogP contribution in [0.3, 0.4) is 0 Å². The number of pyridine rings is 1. The van der Waals surface area contributed by atoms with Crippen LogP contribution >= 0.6 is 0 Å². The maximum atomic E-state index is 11.3. The molecule has 0 unspecified atom stereocenters. The molecule has 13 heavy (non-hydrogen) atoms. The molecule has 0 aliphatic heterocycles. The lowest BCUT2D eigenvalue weighted by Crippen LogP contribution is -2.28. The van der Waals surface area contributed by atoms with Crippen molar-refractivity contribution < 1.29 is 0 Å². The van der Waals surface area contributed by atoms with E-state index in [-0.39, 0.29) is 5.56 Å². The maximum Gasteiger partial charge on any atom is 0.252 e. The topological polar surface area (TPSA) is 34.0 Å². The minimum atomic E-state index is 0.0457. The van der Waals surface area contributed by atoms with E-state index in [0.717, 1.165) is 5.69 Å². The molecule has 1 saturated carbocycles.